The van der Waals surface area contributed by atoms with Crippen LogP contribution < -0.4 is 10.7 Å². The fourth-order valence-corrected chi connectivity index (χ4v) is 3.42. The van der Waals surface area contributed by atoms with Gasteiger partial charge in [-0.2, -0.15) is 5.10 Å². The van der Waals surface area contributed by atoms with Gasteiger partial charge >= 0.3 is 0 Å². The predicted molar refractivity (Wildman–Crippen MR) is 112 cm³/mol. The number of anilines is 1. The van der Waals surface area contributed by atoms with E-state index >= 15 is 0 Å². The smallest absolute Gasteiger partial charge is 0.257 e. The van der Waals surface area contributed by atoms with Crippen LogP contribution in [0.25, 0.3) is 10.9 Å². The van der Waals surface area contributed by atoms with Gasteiger partial charge in [0, 0.05) is 28.2 Å². The number of fused-ring (bicyclic) bond motifs is 1. The van der Waals surface area contributed by atoms with Crippen LogP contribution in [0.4, 0.5) is 5.13 Å². The number of aromatic nitrogens is 3. The third kappa shape index (κ3) is 4.53. The molecule has 4 aromatic rings. The van der Waals surface area contributed by atoms with Gasteiger partial charge in [-0.1, -0.05) is 47.7 Å². The van der Waals surface area contributed by atoms with E-state index in [-0.39, 0.29) is 18.2 Å². The lowest BCUT2D eigenvalue weighted by Crippen LogP contribution is -2.19. The molecule has 0 fully saturated rings. The monoisotopic (exact) mass is 404 g/mol. The van der Waals surface area contributed by atoms with E-state index < -0.39 is 0 Å². The molecule has 2 aromatic heterocycles. The normalized spacial score (nSPS) is 11.0. The molecule has 9 heteroatoms. The van der Waals surface area contributed by atoms with Crippen molar-refractivity contribution in [2.24, 2.45) is 5.10 Å². The molecule has 8 nitrogen and oxygen atoms in total. The number of rotatable bonds is 6. The topological polar surface area (TPSA) is 112 Å². The van der Waals surface area contributed by atoms with Crippen molar-refractivity contribution < 1.29 is 9.59 Å². The summed E-state index contributed by atoms with van der Waals surface area (Å²) in [6, 6.07) is 16.6. The van der Waals surface area contributed by atoms with Crippen molar-refractivity contribution >= 4 is 45.4 Å². The third-order valence-electron chi connectivity index (χ3n) is 4.05. The van der Waals surface area contributed by atoms with Crippen LogP contribution in [-0.2, 0) is 11.2 Å². The Kier molecular flexibility index (Phi) is 5.39. The fraction of sp³-hybridized carbons (Fsp3) is 0.0500. The molecular formula is C20H16N6O2S. The number of hydrogen-bond acceptors (Lipinski definition) is 6. The summed E-state index contributed by atoms with van der Waals surface area (Å²) in [6.45, 7) is 0. The molecule has 0 aliphatic rings. The maximum atomic E-state index is 12.1. The number of H-pyrrole nitrogens is 1. The minimum absolute atomic E-state index is 0.0180. The molecular weight excluding hydrogens is 388 g/mol. The van der Waals surface area contributed by atoms with E-state index in [4.69, 9.17) is 0 Å². The van der Waals surface area contributed by atoms with E-state index in [2.05, 4.69) is 31.0 Å². The molecule has 3 N–H and O–H groups in total. The minimum atomic E-state index is -0.321. The molecule has 2 heterocycles. The summed E-state index contributed by atoms with van der Waals surface area (Å²) in [5, 5.41) is 16.3. The first-order valence-electron chi connectivity index (χ1n) is 8.76. The van der Waals surface area contributed by atoms with Gasteiger partial charge in [0.05, 0.1) is 12.6 Å². The molecule has 2 amide bonds. The van der Waals surface area contributed by atoms with Crippen molar-refractivity contribution in [2.45, 2.75) is 6.42 Å². The maximum absolute atomic E-state index is 12.1. The second-order valence-corrected chi connectivity index (χ2v) is 7.14. The van der Waals surface area contributed by atoms with Gasteiger partial charge in [-0.25, -0.2) is 5.43 Å². The van der Waals surface area contributed by atoms with Crippen LogP contribution in [0.2, 0.25) is 0 Å². The Morgan fingerprint density at radius 1 is 1.07 bits per heavy atom. The molecule has 0 saturated carbocycles. The molecule has 0 aliphatic carbocycles. The molecule has 0 unspecified atom stereocenters. The van der Waals surface area contributed by atoms with Gasteiger partial charge < -0.3 is 4.98 Å². The Hall–Kier alpha value is -3.85. The SMILES string of the molecule is O=C(Cc1nnc(NC(=O)c2ccccc2)s1)N/N=C\c1c[nH]c2ccccc12. The number of aromatic amines is 1. The molecule has 0 radical (unpaired) electrons. The average molecular weight is 404 g/mol. The van der Waals surface area contributed by atoms with Crippen LogP contribution >= 0.6 is 11.3 Å². The van der Waals surface area contributed by atoms with Crippen molar-refractivity contribution in [1.29, 1.82) is 0 Å². The van der Waals surface area contributed by atoms with Crippen molar-refractivity contribution in [3.8, 4) is 0 Å². The second-order valence-electron chi connectivity index (χ2n) is 6.08. The standard InChI is InChI=1S/C20H16N6O2S/c27-17(24-22-12-14-11-21-16-9-5-4-8-15(14)16)10-18-25-26-20(29-18)23-19(28)13-6-2-1-3-7-13/h1-9,11-12,21H,10H2,(H,24,27)(H,23,26,28)/b22-12-. The second kappa shape index (κ2) is 8.44. The number of carbonyl (C=O) groups excluding carboxylic acids is 2. The Morgan fingerprint density at radius 2 is 1.86 bits per heavy atom. The van der Waals surface area contributed by atoms with Crippen LogP contribution in [0.5, 0.6) is 0 Å². The highest BCUT2D eigenvalue weighted by molar-refractivity contribution is 7.15. The van der Waals surface area contributed by atoms with Crippen molar-refractivity contribution in [3.63, 3.8) is 0 Å². The summed E-state index contributed by atoms with van der Waals surface area (Å²) in [6.07, 6.45) is 3.43. The van der Waals surface area contributed by atoms with Gasteiger partial charge in [0.1, 0.15) is 5.01 Å². The van der Waals surface area contributed by atoms with Crippen LogP contribution in [0.1, 0.15) is 20.9 Å². The highest BCUT2D eigenvalue weighted by atomic mass is 32.1. The Bertz CT molecular complexity index is 1180. The molecule has 2 aromatic carbocycles. The largest absolute Gasteiger partial charge is 0.361 e. The van der Waals surface area contributed by atoms with Crippen molar-refractivity contribution in [2.75, 3.05) is 5.32 Å². The van der Waals surface area contributed by atoms with Gasteiger partial charge in [-0.15, -0.1) is 10.2 Å². The Balaban J connectivity index is 1.31. The number of nitrogens with one attached hydrogen (secondary N) is 3. The van der Waals surface area contributed by atoms with Crippen LogP contribution in [0, 0.1) is 0 Å². The van der Waals surface area contributed by atoms with E-state index in [0.29, 0.717) is 15.7 Å². The first kappa shape index (κ1) is 18.5. The van der Waals surface area contributed by atoms with Crippen LogP contribution in [0.15, 0.2) is 65.9 Å². The molecule has 0 saturated heterocycles. The predicted octanol–water partition coefficient (Wildman–Crippen LogP) is 2.96. The lowest BCUT2D eigenvalue weighted by atomic mass is 10.2. The van der Waals surface area contributed by atoms with Crippen LogP contribution in [-0.4, -0.2) is 33.2 Å². The molecule has 0 bridgehead atoms. The fourth-order valence-electron chi connectivity index (χ4n) is 2.69. The van der Waals surface area contributed by atoms with Gasteiger partial charge in [0.25, 0.3) is 5.91 Å². The van der Waals surface area contributed by atoms with Gasteiger partial charge in [0.15, 0.2) is 0 Å². The Morgan fingerprint density at radius 3 is 2.72 bits per heavy atom. The zero-order valence-corrected chi connectivity index (χ0v) is 15.9. The first-order chi connectivity index (χ1) is 14.2. The molecule has 144 valence electrons. The summed E-state index contributed by atoms with van der Waals surface area (Å²) >= 11 is 1.15. The summed E-state index contributed by atoms with van der Waals surface area (Å²) in [7, 11) is 0. The number of nitrogens with zero attached hydrogens (tertiary/aromatic N) is 3. The lowest BCUT2D eigenvalue weighted by Gasteiger charge is -1.99. The number of benzene rings is 2. The van der Waals surface area contributed by atoms with E-state index in [1.807, 2.05) is 36.5 Å². The molecule has 0 spiro atoms. The number of carbonyl (C=O) groups is 2. The summed E-state index contributed by atoms with van der Waals surface area (Å²) in [4.78, 5) is 27.3. The van der Waals surface area contributed by atoms with E-state index in [9.17, 15) is 9.59 Å². The van der Waals surface area contributed by atoms with Gasteiger partial charge in [-0.3, -0.25) is 14.9 Å². The molecule has 29 heavy (non-hydrogen) atoms. The van der Waals surface area contributed by atoms with E-state index in [0.717, 1.165) is 27.8 Å². The van der Waals surface area contributed by atoms with Crippen LogP contribution in [0.3, 0.4) is 0 Å². The Labute approximate surface area is 169 Å². The minimum Gasteiger partial charge on any atom is -0.361 e. The maximum Gasteiger partial charge on any atom is 0.257 e. The summed E-state index contributed by atoms with van der Waals surface area (Å²) in [5.74, 6) is -0.598. The highest BCUT2D eigenvalue weighted by Gasteiger charge is 2.12. The van der Waals surface area contributed by atoms with Gasteiger partial charge in [-0.05, 0) is 18.2 Å². The molecule has 0 aliphatic heterocycles. The first-order valence-corrected chi connectivity index (χ1v) is 9.57. The highest BCUT2D eigenvalue weighted by Crippen LogP contribution is 2.17. The quantitative estimate of drug-likeness (QED) is 0.339. The zero-order valence-electron chi connectivity index (χ0n) is 15.1. The number of amides is 2. The zero-order chi connectivity index (χ0) is 20.1. The number of hydrogen-bond donors (Lipinski definition) is 3. The van der Waals surface area contributed by atoms with Crippen molar-refractivity contribution in [3.05, 3.63) is 76.9 Å². The molecule has 4 rings (SSSR count). The summed E-state index contributed by atoms with van der Waals surface area (Å²) < 4.78 is 0. The number of hydrazone groups is 1. The van der Waals surface area contributed by atoms with E-state index in [1.54, 1.807) is 30.5 Å². The van der Waals surface area contributed by atoms with Crippen molar-refractivity contribution in [1.82, 2.24) is 20.6 Å². The lowest BCUT2D eigenvalue weighted by molar-refractivity contribution is -0.120. The number of para-hydroxylation sites is 1. The summed E-state index contributed by atoms with van der Waals surface area (Å²) in [5.41, 5.74) is 4.88. The van der Waals surface area contributed by atoms with E-state index in [1.165, 1.54) is 0 Å². The molecule has 0 atom stereocenters. The van der Waals surface area contributed by atoms with Gasteiger partial charge in [0.2, 0.25) is 11.0 Å². The average Bonchev–Trinajstić information content (AvgIpc) is 3.35. The third-order valence-corrected chi connectivity index (χ3v) is 4.89.